The Kier molecular flexibility index (Phi) is 10.2. The molecule has 4 heterocycles. The standard InChI is InChI=1S/C17H19N3.C17H10N2O3.C6H4N2O.ClH/c1-19(2)14-7-5-12-9-13-6-8-15(20(3)4)11-17(13)18-16(12)10-14;20-15-9-10-16(21)19(15)12-7-5-11(6-8-12)17-18-13-3-1-2-4-14(13)22-17;1-2-4-6-5(3-1)7-8-9-6;/h5-11H,1-4H3;1-10H;1-4H;1H. The number of aromatic nitrogens is 4. The molecule has 0 unspecified atom stereocenters. The van der Waals surface area contributed by atoms with E-state index < -0.39 is 0 Å². The summed E-state index contributed by atoms with van der Waals surface area (Å²) < 4.78 is 10.4. The van der Waals surface area contributed by atoms with E-state index in [1.54, 1.807) is 24.3 Å². The zero-order chi connectivity index (χ0) is 35.5. The monoisotopic (exact) mass is 711 g/mol. The largest absolute Gasteiger partial charge is 1.00 e. The van der Waals surface area contributed by atoms with Crippen molar-refractivity contribution in [3.05, 3.63) is 127 Å². The molecule has 2 amide bonds. The third kappa shape index (κ3) is 7.44. The fourth-order valence-electron chi connectivity index (χ4n) is 5.48. The molecule has 8 aromatic rings. The van der Waals surface area contributed by atoms with Crippen molar-refractivity contribution < 1.29 is 32.4 Å². The summed E-state index contributed by atoms with van der Waals surface area (Å²) in [5, 5.41) is 9.44. The zero-order valence-electron chi connectivity index (χ0n) is 29.8. The van der Waals surface area contributed by atoms with Gasteiger partial charge < -0.3 is 31.1 Å². The van der Waals surface area contributed by atoms with Gasteiger partial charge in [-0.1, -0.05) is 36.4 Å². The predicted octanol–water partition coefficient (Wildman–Crippen LogP) is 4.78. The Bertz CT molecular complexity index is 2420. The van der Waals surface area contributed by atoms with Crippen molar-refractivity contribution in [1.82, 2.24) is 20.3 Å². The van der Waals surface area contributed by atoms with Crippen molar-refractivity contribution >= 4 is 72.9 Å². The molecule has 0 bridgehead atoms. The lowest BCUT2D eigenvalue weighted by Gasteiger charge is -2.14. The van der Waals surface area contributed by atoms with Crippen molar-refractivity contribution in [3.63, 3.8) is 0 Å². The van der Waals surface area contributed by atoms with E-state index in [0.717, 1.165) is 43.7 Å². The van der Waals surface area contributed by atoms with Crippen molar-refractivity contribution in [3.8, 4) is 11.5 Å². The van der Waals surface area contributed by atoms with E-state index in [1.165, 1.54) is 34.3 Å². The van der Waals surface area contributed by atoms with Crippen LogP contribution in [0.25, 0.3) is 55.5 Å². The Balaban J connectivity index is 0.000000162. The number of amides is 2. The van der Waals surface area contributed by atoms with Gasteiger partial charge in [0.05, 0.1) is 16.7 Å². The highest BCUT2D eigenvalue weighted by Crippen LogP contribution is 2.28. The number of carbonyl (C=O) groups is 2. The van der Waals surface area contributed by atoms with Gasteiger partial charge in [0.25, 0.3) is 11.8 Å². The van der Waals surface area contributed by atoms with E-state index in [4.69, 9.17) is 13.9 Å². The topological polar surface area (TPSA) is 122 Å². The summed E-state index contributed by atoms with van der Waals surface area (Å²) in [5.41, 5.74) is 8.79. The van der Waals surface area contributed by atoms with E-state index in [1.807, 2.05) is 76.7 Å². The number of carbonyl (C=O) groups excluding carboxylic acids is 2. The van der Waals surface area contributed by atoms with Gasteiger partial charge >= 0.3 is 1.43 Å². The minimum atomic E-state index is -0.334. The average molecular weight is 712 g/mol. The number of imide groups is 1. The summed E-state index contributed by atoms with van der Waals surface area (Å²) >= 11 is 0. The van der Waals surface area contributed by atoms with Gasteiger partial charge in [-0.05, 0) is 78.9 Å². The quantitative estimate of drug-likeness (QED) is 0.186. The summed E-state index contributed by atoms with van der Waals surface area (Å²) in [6.07, 6.45) is 2.52. The van der Waals surface area contributed by atoms with Gasteiger partial charge in [0.2, 0.25) is 5.89 Å². The maximum atomic E-state index is 11.6. The number of nitrogens with zero attached hydrogens (tertiary/aromatic N) is 7. The molecule has 0 fully saturated rings. The summed E-state index contributed by atoms with van der Waals surface area (Å²) in [6, 6.07) is 36.9. The molecular formula is C40H34ClN7O4. The molecule has 52 heavy (non-hydrogen) atoms. The number of halogens is 1. The summed E-state index contributed by atoms with van der Waals surface area (Å²) in [5.74, 6) is -0.163. The third-order valence-electron chi connectivity index (χ3n) is 8.24. The molecule has 12 heteroatoms. The second kappa shape index (κ2) is 15.1. The molecule has 0 radical (unpaired) electrons. The van der Waals surface area contributed by atoms with Crippen LogP contribution in [0.5, 0.6) is 0 Å². The summed E-state index contributed by atoms with van der Waals surface area (Å²) in [4.78, 5) is 37.8. The molecule has 0 saturated heterocycles. The number of pyridine rings is 1. The maximum Gasteiger partial charge on any atom is 1.00 e. The minimum Gasteiger partial charge on any atom is -1.00 e. The first kappa shape index (κ1) is 35.2. The molecule has 1 aliphatic rings. The highest BCUT2D eigenvalue weighted by molar-refractivity contribution is 6.28. The van der Waals surface area contributed by atoms with Gasteiger partial charge in [-0.2, -0.15) is 0 Å². The molecule has 5 aromatic carbocycles. The molecule has 0 aliphatic carbocycles. The Morgan fingerprint density at radius 1 is 0.596 bits per heavy atom. The van der Waals surface area contributed by atoms with E-state index in [-0.39, 0.29) is 25.6 Å². The van der Waals surface area contributed by atoms with Crippen LogP contribution in [0.1, 0.15) is 1.43 Å². The van der Waals surface area contributed by atoms with Crippen LogP contribution >= 0.6 is 0 Å². The zero-order valence-corrected chi connectivity index (χ0v) is 29.5. The fourth-order valence-corrected chi connectivity index (χ4v) is 5.48. The minimum absolute atomic E-state index is 0. The lowest BCUT2D eigenvalue weighted by Crippen LogP contribution is -3.00. The molecule has 3 aromatic heterocycles. The number of oxazole rings is 1. The first-order chi connectivity index (χ1) is 24.7. The fraction of sp³-hybridized carbons (Fsp3) is 0.100. The van der Waals surface area contributed by atoms with Crippen LogP contribution in [0.4, 0.5) is 17.1 Å². The average Bonchev–Trinajstić information content (AvgIpc) is 3.89. The molecule has 0 spiro atoms. The maximum absolute atomic E-state index is 11.6. The van der Waals surface area contributed by atoms with E-state index in [9.17, 15) is 9.59 Å². The van der Waals surface area contributed by atoms with Gasteiger partial charge in [0.15, 0.2) is 11.2 Å². The van der Waals surface area contributed by atoms with Crippen LogP contribution in [-0.2, 0) is 9.59 Å². The van der Waals surface area contributed by atoms with Gasteiger partial charge in [-0.3, -0.25) is 9.59 Å². The van der Waals surface area contributed by atoms with Crippen LogP contribution in [0, 0.1) is 0 Å². The van der Waals surface area contributed by atoms with Crippen LogP contribution in [0.3, 0.4) is 0 Å². The van der Waals surface area contributed by atoms with Crippen molar-refractivity contribution in [1.29, 1.82) is 0 Å². The highest BCUT2D eigenvalue weighted by atomic mass is 35.5. The van der Waals surface area contributed by atoms with Gasteiger partial charge in [-0.25, -0.2) is 14.9 Å². The Hall–Kier alpha value is -6.59. The second-order valence-electron chi connectivity index (χ2n) is 12.2. The Morgan fingerprint density at radius 2 is 1.15 bits per heavy atom. The molecule has 1 aliphatic heterocycles. The number of hydrogen-bond donors (Lipinski definition) is 0. The molecule has 11 nitrogen and oxygen atoms in total. The number of anilines is 3. The van der Waals surface area contributed by atoms with Gasteiger partial charge in [0, 0.05) is 73.3 Å². The number of rotatable bonds is 4. The van der Waals surface area contributed by atoms with Crippen molar-refractivity contribution in [2.45, 2.75) is 0 Å². The van der Waals surface area contributed by atoms with Crippen LogP contribution < -0.4 is 27.1 Å². The van der Waals surface area contributed by atoms with Crippen LogP contribution in [0.15, 0.2) is 136 Å². The number of hydrogen-bond acceptors (Lipinski definition) is 10. The first-order valence-corrected chi connectivity index (χ1v) is 16.1. The molecule has 260 valence electrons. The lowest BCUT2D eigenvalue weighted by molar-refractivity contribution is -0.120. The normalized spacial score (nSPS) is 12.0. The highest BCUT2D eigenvalue weighted by Gasteiger charge is 2.25. The van der Waals surface area contributed by atoms with E-state index in [0.29, 0.717) is 11.6 Å². The molecule has 0 N–H and O–H groups in total. The summed E-state index contributed by atoms with van der Waals surface area (Å²) in [7, 11) is 8.19. The SMILES string of the molecule is CN(C)c1ccc2cc3ccc(N(C)C)cc3nc2c1.O=C1C=CC(=O)N1c1ccc(-c2nc3ccccc3o2)cc1.[Cl-].[H+].c1ccc2onnc2c1. The van der Waals surface area contributed by atoms with Crippen molar-refractivity contribution in [2.24, 2.45) is 0 Å². The lowest BCUT2D eigenvalue weighted by atomic mass is 10.1. The molecule has 0 atom stereocenters. The van der Waals surface area contributed by atoms with Gasteiger partial charge in [0.1, 0.15) is 11.0 Å². The molecule has 9 rings (SSSR count). The van der Waals surface area contributed by atoms with Crippen molar-refractivity contribution in [2.75, 3.05) is 42.9 Å². The molecule has 0 saturated carbocycles. The van der Waals surface area contributed by atoms with E-state index in [2.05, 4.69) is 67.6 Å². The number of para-hydroxylation sites is 3. The van der Waals surface area contributed by atoms with Crippen LogP contribution in [0.2, 0.25) is 0 Å². The third-order valence-corrected chi connectivity index (χ3v) is 8.24. The van der Waals surface area contributed by atoms with Crippen LogP contribution in [-0.4, -0.2) is 60.3 Å². The van der Waals surface area contributed by atoms with Gasteiger partial charge in [-0.15, -0.1) is 5.10 Å². The molecular weight excluding hydrogens is 678 g/mol. The Labute approximate surface area is 306 Å². The first-order valence-electron chi connectivity index (χ1n) is 16.1. The van der Waals surface area contributed by atoms with E-state index >= 15 is 0 Å². The summed E-state index contributed by atoms with van der Waals surface area (Å²) in [6.45, 7) is 0. The predicted molar refractivity (Wildman–Crippen MR) is 202 cm³/mol. The number of fused-ring (bicyclic) bond motifs is 4. The number of benzene rings is 5. The second-order valence-corrected chi connectivity index (χ2v) is 12.2. The Morgan fingerprint density at radius 3 is 1.71 bits per heavy atom. The smallest absolute Gasteiger partial charge is 1.00 e.